The van der Waals surface area contributed by atoms with Crippen molar-refractivity contribution in [3.05, 3.63) is 155 Å². The first-order valence-electron chi connectivity index (χ1n) is 17.1. The summed E-state index contributed by atoms with van der Waals surface area (Å²) in [6.07, 6.45) is 2.06. The Morgan fingerprint density at radius 2 is 0.660 bits per heavy atom. The normalized spacial score (nSPS) is 12.2. The van der Waals surface area contributed by atoms with Crippen LogP contribution in [0.1, 0.15) is 60.1 Å². The summed E-state index contributed by atoms with van der Waals surface area (Å²) < 4.78 is 4.85. The van der Waals surface area contributed by atoms with E-state index in [1.165, 1.54) is 88.4 Å². The van der Waals surface area contributed by atoms with Crippen LogP contribution in [-0.4, -0.2) is 9.13 Å². The largest absolute Gasteiger partial charge is 0.309 e. The number of benzene rings is 6. The van der Waals surface area contributed by atoms with Crippen LogP contribution in [0.3, 0.4) is 0 Å². The Bertz CT molecular complexity index is 2160. The van der Waals surface area contributed by atoms with E-state index >= 15 is 0 Å². The van der Waals surface area contributed by atoms with Crippen LogP contribution in [0.15, 0.2) is 121 Å². The summed E-state index contributed by atoms with van der Waals surface area (Å²) in [6, 6.07) is 46.1. The van der Waals surface area contributed by atoms with Gasteiger partial charge in [0.1, 0.15) is 0 Å². The second-order valence-corrected chi connectivity index (χ2v) is 13.6. The van der Waals surface area contributed by atoms with Crippen LogP contribution in [0, 0.1) is 27.7 Å². The van der Waals surface area contributed by atoms with Crippen LogP contribution in [0.5, 0.6) is 0 Å². The third-order valence-corrected chi connectivity index (χ3v) is 10.7. The first-order chi connectivity index (χ1) is 22.8. The maximum Gasteiger partial charge on any atom is 0.0541 e. The van der Waals surface area contributed by atoms with Crippen molar-refractivity contribution in [1.29, 1.82) is 0 Å². The van der Waals surface area contributed by atoms with Gasteiger partial charge in [-0.3, -0.25) is 0 Å². The number of aryl methyl sites for hydroxylation is 4. The number of fused-ring (bicyclic) bond motifs is 6. The zero-order valence-corrected chi connectivity index (χ0v) is 28.4. The summed E-state index contributed by atoms with van der Waals surface area (Å²) in [7, 11) is 0. The summed E-state index contributed by atoms with van der Waals surface area (Å²) in [4.78, 5) is 0. The van der Waals surface area contributed by atoms with Crippen molar-refractivity contribution < 1.29 is 0 Å². The van der Waals surface area contributed by atoms with Gasteiger partial charge >= 0.3 is 0 Å². The van der Waals surface area contributed by atoms with Gasteiger partial charge in [0.25, 0.3) is 0 Å². The molecule has 0 aliphatic carbocycles. The Kier molecular flexibility index (Phi) is 6.88. The SMILES string of the molecule is CCC(CC)(c1ccc(-n2c3ccc(C)cc3c3cc(C)ccc32)cc1)c1ccc(-n2c3ccc(C)cc3c3cc(C)ccc32)cc1. The molecule has 2 heterocycles. The predicted molar refractivity (Wildman–Crippen MR) is 202 cm³/mol. The lowest BCUT2D eigenvalue weighted by molar-refractivity contribution is 0.478. The molecule has 0 radical (unpaired) electrons. The molecule has 0 fully saturated rings. The van der Waals surface area contributed by atoms with E-state index in [0.29, 0.717) is 0 Å². The molecule has 0 bridgehead atoms. The van der Waals surface area contributed by atoms with Gasteiger partial charge in [-0.05, 0) is 124 Å². The maximum absolute atomic E-state index is 2.43. The molecule has 232 valence electrons. The molecular formula is C45H42N2. The zero-order chi connectivity index (χ0) is 32.4. The standard InChI is InChI=1S/C45H42N2/c1-7-45(8-2,33-13-17-35(18-14-33)46-41-21-9-29(3)25-37(41)38-26-30(4)10-22-42(38)46)34-15-19-36(20-16-34)47-43-23-11-31(5)27-39(43)40-28-32(6)12-24-44(40)47/h9-28H,7-8H2,1-6H3. The van der Waals surface area contributed by atoms with Gasteiger partial charge in [0.15, 0.2) is 0 Å². The molecule has 0 atom stereocenters. The molecule has 8 aromatic rings. The minimum atomic E-state index is -0.0683. The first-order valence-corrected chi connectivity index (χ1v) is 17.1. The molecule has 0 aliphatic heterocycles. The minimum absolute atomic E-state index is 0.0683. The molecule has 47 heavy (non-hydrogen) atoms. The highest BCUT2D eigenvalue weighted by atomic mass is 15.0. The Morgan fingerprint density at radius 3 is 0.915 bits per heavy atom. The highest BCUT2D eigenvalue weighted by Crippen LogP contribution is 2.41. The number of hydrogen-bond donors (Lipinski definition) is 0. The lowest BCUT2D eigenvalue weighted by Crippen LogP contribution is -2.26. The fourth-order valence-electron chi connectivity index (χ4n) is 8.15. The average molecular weight is 611 g/mol. The third-order valence-electron chi connectivity index (χ3n) is 10.7. The molecule has 0 aliphatic rings. The molecule has 0 amide bonds. The smallest absolute Gasteiger partial charge is 0.0541 e. The van der Waals surface area contributed by atoms with E-state index in [1.807, 2.05) is 0 Å². The summed E-state index contributed by atoms with van der Waals surface area (Å²) in [6.45, 7) is 13.4. The highest BCUT2D eigenvalue weighted by Gasteiger charge is 2.31. The van der Waals surface area contributed by atoms with Crippen molar-refractivity contribution in [1.82, 2.24) is 9.13 Å². The van der Waals surface area contributed by atoms with Crippen LogP contribution >= 0.6 is 0 Å². The van der Waals surface area contributed by atoms with Crippen LogP contribution in [0.2, 0.25) is 0 Å². The molecule has 2 aromatic heterocycles. The average Bonchev–Trinajstić information content (AvgIpc) is 3.57. The van der Waals surface area contributed by atoms with E-state index in [1.54, 1.807) is 0 Å². The lowest BCUT2D eigenvalue weighted by Gasteiger charge is -2.33. The van der Waals surface area contributed by atoms with E-state index < -0.39 is 0 Å². The molecule has 0 unspecified atom stereocenters. The number of aromatic nitrogens is 2. The van der Waals surface area contributed by atoms with Crippen molar-refractivity contribution >= 4 is 43.6 Å². The maximum atomic E-state index is 2.43. The molecule has 6 aromatic carbocycles. The topological polar surface area (TPSA) is 9.86 Å². The van der Waals surface area contributed by atoms with E-state index in [4.69, 9.17) is 0 Å². The minimum Gasteiger partial charge on any atom is -0.309 e. The summed E-state index contributed by atoms with van der Waals surface area (Å²) in [5.74, 6) is 0. The number of hydrogen-bond acceptors (Lipinski definition) is 0. The molecular weight excluding hydrogens is 569 g/mol. The molecule has 0 saturated carbocycles. The van der Waals surface area contributed by atoms with Crippen molar-refractivity contribution in [2.45, 2.75) is 59.8 Å². The van der Waals surface area contributed by atoms with E-state index in [2.05, 4.69) is 172 Å². The fraction of sp³-hybridized carbons (Fsp3) is 0.200. The quantitative estimate of drug-likeness (QED) is 0.177. The third kappa shape index (κ3) is 4.53. The first kappa shape index (κ1) is 29.3. The van der Waals surface area contributed by atoms with Crippen molar-refractivity contribution in [2.75, 3.05) is 0 Å². The molecule has 0 N–H and O–H groups in total. The van der Waals surface area contributed by atoms with E-state index in [0.717, 1.165) is 12.8 Å². The second kappa shape index (κ2) is 11.0. The molecule has 2 heteroatoms. The Hall–Kier alpha value is -5.08. The van der Waals surface area contributed by atoms with Crippen molar-refractivity contribution in [3.8, 4) is 11.4 Å². The van der Waals surface area contributed by atoms with Gasteiger partial charge in [-0.2, -0.15) is 0 Å². The molecule has 0 saturated heterocycles. The van der Waals surface area contributed by atoms with E-state index in [9.17, 15) is 0 Å². The van der Waals surface area contributed by atoms with Gasteiger partial charge in [-0.1, -0.05) is 84.6 Å². The molecule has 0 spiro atoms. The number of nitrogens with zero attached hydrogens (tertiary/aromatic N) is 2. The van der Waals surface area contributed by atoms with Gasteiger partial charge in [0.05, 0.1) is 22.1 Å². The monoisotopic (exact) mass is 610 g/mol. The van der Waals surface area contributed by atoms with Gasteiger partial charge in [-0.25, -0.2) is 0 Å². The molecule has 8 rings (SSSR count). The lowest BCUT2D eigenvalue weighted by atomic mass is 9.70. The predicted octanol–water partition coefficient (Wildman–Crippen LogP) is 12.2. The summed E-state index contributed by atoms with van der Waals surface area (Å²) in [5.41, 5.74) is 15.3. The van der Waals surface area contributed by atoms with Gasteiger partial charge in [0.2, 0.25) is 0 Å². The molecule has 2 nitrogen and oxygen atoms in total. The van der Waals surface area contributed by atoms with Crippen molar-refractivity contribution in [2.24, 2.45) is 0 Å². The van der Waals surface area contributed by atoms with Crippen LogP contribution < -0.4 is 0 Å². The fourth-order valence-corrected chi connectivity index (χ4v) is 8.15. The van der Waals surface area contributed by atoms with Gasteiger partial charge < -0.3 is 9.13 Å². The van der Waals surface area contributed by atoms with Crippen LogP contribution in [-0.2, 0) is 5.41 Å². The second-order valence-electron chi connectivity index (χ2n) is 13.6. The van der Waals surface area contributed by atoms with Gasteiger partial charge in [0, 0.05) is 38.3 Å². The van der Waals surface area contributed by atoms with Crippen LogP contribution in [0.25, 0.3) is 55.0 Å². The summed E-state index contributed by atoms with van der Waals surface area (Å²) >= 11 is 0. The van der Waals surface area contributed by atoms with Crippen molar-refractivity contribution in [3.63, 3.8) is 0 Å². The van der Waals surface area contributed by atoms with Crippen LogP contribution in [0.4, 0.5) is 0 Å². The summed E-state index contributed by atoms with van der Waals surface area (Å²) in [5, 5.41) is 5.27. The van der Waals surface area contributed by atoms with Gasteiger partial charge in [-0.15, -0.1) is 0 Å². The Morgan fingerprint density at radius 1 is 0.383 bits per heavy atom. The number of rotatable bonds is 6. The highest BCUT2D eigenvalue weighted by molar-refractivity contribution is 6.10. The Labute approximate surface area is 277 Å². The zero-order valence-electron chi connectivity index (χ0n) is 28.4. The van der Waals surface area contributed by atoms with E-state index in [-0.39, 0.29) is 5.41 Å². The Balaban J connectivity index is 1.21.